The van der Waals surface area contributed by atoms with Gasteiger partial charge in [0.2, 0.25) is 0 Å². The van der Waals surface area contributed by atoms with Gasteiger partial charge in [-0.1, -0.05) is 49.4 Å². The fourth-order valence-corrected chi connectivity index (χ4v) is 4.09. The van der Waals surface area contributed by atoms with Gasteiger partial charge in [0.1, 0.15) is 11.4 Å². The maximum atomic E-state index is 14.0. The number of hydrogen-bond donors (Lipinski definition) is 0. The Labute approximate surface area is 206 Å². The Hall–Kier alpha value is -4.11. The van der Waals surface area contributed by atoms with Crippen molar-refractivity contribution in [3.05, 3.63) is 95.9 Å². The lowest BCUT2D eigenvalue weighted by molar-refractivity contribution is 0.0737. The Kier molecular flexibility index (Phi) is 7.79. The molecule has 1 unspecified atom stereocenters. The van der Waals surface area contributed by atoms with Crippen LogP contribution in [-0.4, -0.2) is 33.0 Å². The first-order valence-corrected chi connectivity index (χ1v) is 12.0. The molecule has 178 valence electrons. The predicted molar refractivity (Wildman–Crippen MR) is 137 cm³/mol. The van der Waals surface area contributed by atoms with Crippen molar-refractivity contribution in [2.45, 2.75) is 45.9 Å². The highest BCUT2D eigenvalue weighted by atomic mass is 16.5. The van der Waals surface area contributed by atoms with Crippen LogP contribution in [0.2, 0.25) is 0 Å². The maximum Gasteiger partial charge on any atom is 0.270 e. The lowest BCUT2D eigenvalue weighted by Crippen LogP contribution is -2.33. The third-order valence-electron chi connectivity index (χ3n) is 6.09. The number of benzene rings is 2. The van der Waals surface area contributed by atoms with Crippen molar-refractivity contribution < 1.29 is 9.53 Å². The van der Waals surface area contributed by atoms with E-state index in [2.05, 4.69) is 34.7 Å². The minimum absolute atomic E-state index is 0.0648. The van der Waals surface area contributed by atoms with E-state index in [1.54, 1.807) is 17.3 Å². The van der Waals surface area contributed by atoms with Gasteiger partial charge in [0.15, 0.2) is 0 Å². The van der Waals surface area contributed by atoms with Gasteiger partial charge < -0.3 is 14.2 Å². The van der Waals surface area contributed by atoms with Crippen molar-refractivity contribution in [1.29, 1.82) is 5.26 Å². The van der Waals surface area contributed by atoms with Crippen molar-refractivity contribution in [3.8, 4) is 11.8 Å². The Bertz CT molecular complexity index is 1310. The highest BCUT2D eigenvalue weighted by Crippen LogP contribution is 2.31. The second-order valence-corrected chi connectivity index (χ2v) is 8.62. The molecular weight excluding hydrogens is 436 g/mol. The van der Waals surface area contributed by atoms with Crippen LogP contribution in [0.3, 0.4) is 0 Å². The first kappa shape index (κ1) is 24.0. The van der Waals surface area contributed by atoms with E-state index in [4.69, 9.17) is 4.74 Å². The average molecular weight is 467 g/mol. The van der Waals surface area contributed by atoms with Crippen LogP contribution in [0.15, 0.2) is 79.1 Å². The van der Waals surface area contributed by atoms with Crippen LogP contribution in [0.5, 0.6) is 5.75 Å². The quantitative estimate of drug-likeness (QED) is 0.295. The minimum Gasteiger partial charge on any atom is -0.490 e. The van der Waals surface area contributed by atoms with Gasteiger partial charge in [0.05, 0.1) is 24.1 Å². The Morgan fingerprint density at radius 2 is 1.91 bits per heavy atom. The molecular formula is C29H30N4O2. The fourth-order valence-electron chi connectivity index (χ4n) is 4.09. The molecule has 2 heterocycles. The maximum absolute atomic E-state index is 14.0. The molecule has 0 N–H and O–H groups in total. The number of amides is 1. The molecule has 35 heavy (non-hydrogen) atoms. The molecule has 0 fully saturated rings. The van der Waals surface area contributed by atoms with E-state index in [0.29, 0.717) is 25.3 Å². The zero-order valence-corrected chi connectivity index (χ0v) is 20.2. The normalized spacial score (nSPS) is 11.7. The molecule has 1 atom stereocenters. The largest absolute Gasteiger partial charge is 0.490 e. The van der Waals surface area contributed by atoms with E-state index in [1.807, 2.05) is 61.5 Å². The van der Waals surface area contributed by atoms with Crippen molar-refractivity contribution in [1.82, 2.24) is 14.5 Å². The summed E-state index contributed by atoms with van der Waals surface area (Å²) in [5.74, 6) is 0.652. The van der Waals surface area contributed by atoms with Gasteiger partial charge in [0.25, 0.3) is 5.91 Å². The van der Waals surface area contributed by atoms with Crippen molar-refractivity contribution in [3.63, 3.8) is 0 Å². The summed E-state index contributed by atoms with van der Waals surface area (Å²) in [6, 6.07) is 24.0. The first-order chi connectivity index (χ1) is 17.1. The lowest BCUT2D eigenvalue weighted by atomic mass is 10.2. The number of fused-ring (bicyclic) bond motifs is 1. The number of aromatic nitrogens is 2. The van der Waals surface area contributed by atoms with Crippen LogP contribution in [0, 0.1) is 11.3 Å². The van der Waals surface area contributed by atoms with Gasteiger partial charge in [-0.15, -0.1) is 0 Å². The Balaban J connectivity index is 1.79. The monoisotopic (exact) mass is 466 g/mol. The molecule has 0 aliphatic heterocycles. The van der Waals surface area contributed by atoms with Gasteiger partial charge in [-0.25, -0.2) is 0 Å². The van der Waals surface area contributed by atoms with Crippen LogP contribution in [0.1, 0.15) is 48.3 Å². The molecule has 0 bridgehead atoms. The van der Waals surface area contributed by atoms with Crippen LogP contribution < -0.4 is 4.74 Å². The summed E-state index contributed by atoms with van der Waals surface area (Å²) in [4.78, 5) is 19.9. The summed E-state index contributed by atoms with van der Waals surface area (Å²) in [6.45, 7) is 5.41. The van der Waals surface area contributed by atoms with Crippen LogP contribution >= 0.6 is 0 Å². The third kappa shape index (κ3) is 5.70. The van der Waals surface area contributed by atoms with E-state index in [9.17, 15) is 10.1 Å². The van der Waals surface area contributed by atoms with Crippen molar-refractivity contribution >= 4 is 16.8 Å². The summed E-state index contributed by atoms with van der Waals surface area (Å²) in [5, 5.41) is 10.1. The molecule has 2 aromatic heterocycles. The van der Waals surface area contributed by atoms with Crippen LogP contribution in [-0.2, 0) is 13.1 Å². The highest BCUT2D eigenvalue weighted by Gasteiger charge is 2.23. The second-order valence-electron chi connectivity index (χ2n) is 8.62. The zero-order chi connectivity index (χ0) is 24.6. The molecule has 6 heteroatoms. The summed E-state index contributed by atoms with van der Waals surface area (Å²) >= 11 is 0. The number of ether oxygens (including phenoxy) is 1. The van der Waals surface area contributed by atoms with Gasteiger partial charge in [0, 0.05) is 37.4 Å². The summed E-state index contributed by atoms with van der Waals surface area (Å²) < 4.78 is 8.26. The molecule has 1 amide bonds. The second kappa shape index (κ2) is 11.3. The van der Waals surface area contributed by atoms with Gasteiger partial charge >= 0.3 is 0 Å². The molecule has 6 nitrogen and oxygen atoms in total. The van der Waals surface area contributed by atoms with Crippen LogP contribution in [0.4, 0.5) is 0 Å². The topological polar surface area (TPSA) is 71.2 Å². The molecule has 0 aliphatic carbocycles. The summed E-state index contributed by atoms with van der Waals surface area (Å²) in [5.41, 5.74) is 3.54. The van der Waals surface area contributed by atoms with E-state index in [0.717, 1.165) is 34.2 Å². The van der Waals surface area contributed by atoms with E-state index in [-0.39, 0.29) is 18.4 Å². The molecule has 0 radical (unpaired) electrons. The average Bonchev–Trinajstić information content (AvgIpc) is 3.26. The Morgan fingerprint density at radius 3 is 2.63 bits per heavy atom. The third-order valence-corrected chi connectivity index (χ3v) is 6.09. The molecule has 2 aromatic carbocycles. The van der Waals surface area contributed by atoms with Gasteiger partial charge in [-0.05, 0) is 48.7 Å². The SMILES string of the molecule is CCC(C)Oc1cccc2c1cc(C(=O)N(CCC#N)Cc1cccnc1)n2Cc1ccccc1. The van der Waals surface area contributed by atoms with Gasteiger partial charge in [-0.2, -0.15) is 5.26 Å². The number of rotatable bonds is 10. The molecule has 0 spiro atoms. The van der Waals surface area contributed by atoms with Gasteiger partial charge in [-0.3, -0.25) is 9.78 Å². The minimum atomic E-state index is -0.120. The standard InChI is InChI=1S/C29H30N4O2/c1-3-22(2)35-28-14-7-13-26-25(28)18-27(33(26)21-23-10-5-4-6-11-23)29(34)32(17-9-15-30)20-24-12-8-16-31-19-24/h4-8,10-14,16,18-19,22H,3,9,17,20-21H2,1-2H3. The lowest BCUT2D eigenvalue weighted by Gasteiger charge is -2.23. The number of nitrogens with zero attached hydrogens (tertiary/aromatic N) is 4. The van der Waals surface area contributed by atoms with Crippen molar-refractivity contribution in [2.75, 3.05) is 6.54 Å². The first-order valence-electron chi connectivity index (χ1n) is 12.0. The number of carbonyl (C=O) groups is 1. The molecule has 4 rings (SSSR count). The van der Waals surface area contributed by atoms with E-state index >= 15 is 0 Å². The zero-order valence-electron chi connectivity index (χ0n) is 20.2. The van der Waals surface area contributed by atoms with Crippen molar-refractivity contribution in [2.24, 2.45) is 0 Å². The Morgan fingerprint density at radius 1 is 1.11 bits per heavy atom. The number of pyridine rings is 1. The molecule has 0 saturated heterocycles. The van der Waals surface area contributed by atoms with E-state index in [1.165, 1.54) is 0 Å². The number of hydrogen-bond acceptors (Lipinski definition) is 4. The van der Waals surface area contributed by atoms with Crippen LogP contribution in [0.25, 0.3) is 10.9 Å². The molecule has 4 aromatic rings. The smallest absolute Gasteiger partial charge is 0.270 e. The fraction of sp³-hybridized carbons (Fsp3) is 0.276. The highest BCUT2D eigenvalue weighted by molar-refractivity contribution is 6.00. The number of nitriles is 1. The molecule has 0 saturated carbocycles. The summed E-state index contributed by atoms with van der Waals surface area (Å²) in [7, 11) is 0. The predicted octanol–water partition coefficient (Wildman–Crippen LogP) is 5.82. The van der Waals surface area contributed by atoms with E-state index < -0.39 is 0 Å². The molecule has 0 aliphatic rings. The summed E-state index contributed by atoms with van der Waals surface area (Å²) in [6.07, 6.45) is 4.67. The number of carbonyl (C=O) groups excluding carboxylic acids is 1.